The van der Waals surface area contributed by atoms with Gasteiger partial charge < -0.3 is 30.6 Å². The van der Waals surface area contributed by atoms with Crippen LogP contribution in [0.2, 0.25) is 0 Å². The Bertz CT molecular complexity index is 931. The van der Waals surface area contributed by atoms with Gasteiger partial charge in [-0.15, -0.1) is 0 Å². The number of para-hydroxylation sites is 2. The normalized spacial score (nSPS) is 10.0. The SMILES string of the molecule is CCCc1cccc(C(=O)NCCCCN(CC)C(=O)c2cccc(O)c2O)c1O.O=CO. The van der Waals surface area contributed by atoms with E-state index in [0.717, 1.165) is 12.0 Å². The van der Waals surface area contributed by atoms with Crippen molar-refractivity contribution in [1.29, 1.82) is 0 Å². The zero-order valence-corrected chi connectivity index (χ0v) is 19.0. The maximum atomic E-state index is 12.6. The number of rotatable bonds is 10. The molecule has 2 aromatic rings. The van der Waals surface area contributed by atoms with Crippen molar-refractivity contribution >= 4 is 18.3 Å². The van der Waals surface area contributed by atoms with Crippen LogP contribution >= 0.6 is 0 Å². The number of aryl methyl sites for hydroxylation is 1. The molecule has 0 heterocycles. The average Bonchev–Trinajstić information content (AvgIpc) is 2.79. The lowest BCUT2D eigenvalue weighted by Gasteiger charge is -2.21. The summed E-state index contributed by atoms with van der Waals surface area (Å²) in [5.74, 6) is -1.39. The maximum Gasteiger partial charge on any atom is 0.290 e. The average molecular weight is 461 g/mol. The van der Waals surface area contributed by atoms with Gasteiger partial charge >= 0.3 is 0 Å². The molecule has 0 fully saturated rings. The van der Waals surface area contributed by atoms with Crippen molar-refractivity contribution in [1.82, 2.24) is 10.2 Å². The van der Waals surface area contributed by atoms with Crippen LogP contribution in [-0.2, 0) is 11.2 Å². The minimum absolute atomic E-state index is 0.0329. The molecule has 9 heteroatoms. The summed E-state index contributed by atoms with van der Waals surface area (Å²) < 4.78 is 0. The van der Waals surface area contributed by atoms with Crippen LogP contribution in [0, 0.1) is 0 Å². The van der Waals surface area contributed by atoms with Gasteiger partial charge in [-0.3, -0.25) is 14.4 Å². The molecule has 2 aromatic carbocycles. The van der Waals surface area contributed by atoms with Crippen molar-refractivity contribution in [3.8, 4) is 17.2 Å². The molecule has 0 aliphatic carbocycles. The van der Waals surface area contributed by atoms with Gasteiger partial charge in [-0.2, -0.15) is 0 Å². The van der Waals surface area contributed by atoms with Gasteiger partial charge in [-0.25, -0.2) is 0 Å². The number of amides is 2. The van der Waals surface area contributed by atoms with E-state index in [4.69, 9.17) is 9.90 Å². The van der Waals surface area contributed by atoms with Gasteiger partial charge in [0.25, 0.3) is 18.3 Å². The molecule has 2 rings (SSSR count). The first kappa shape index (κ1) is 27.3. The Kier molecular flexibility index (Phi) is 11.9. The largest absolute Gasteiger partial charge is 0.507 e. The lowest BCUT2D eigenvalue weighted by Crippen LogP contribution is -2.32. The first-order chi connectivity index (χ1) is 15.8. The van der Waals surface area contributed by atoms with Crippen molar-refractivity contribution in [3.05, 3.63) is 53.1 Å². The van der Waals surface area contributed by atoms with Crippen molar-refractivity contribution in [3.63, 3.8) is 0 Å². The maximum absolute atomic E-state index is 12.6. The summed E-state index contributed by atoms with van der Waals surface area (Å²) in [7, 11) is 0. The molecule has 0 aliphatic rings. The van der Waals surface area contributed by atoms with Crippen LogP contribution in [0.1, 0.15) is 59.4 Å². The van der Waals surface area contributed by atoms with Crippen molar-refractivity contribution < 1.29 is 34.8 Å². The molecule has 0 atom stereocenters. The zero-order chi connectivity index (χ0) is 24.8. The second kappa shape index (κ2) is 14.3. The van der Waals surface area contributed by atoms with Crippen LogP contribution in [0.25, 0.3) is 0 Å². The fourth-order valence-electron chi connectivity index (χ4n) is 3.25. The third-order valence-corrected chi connectivity index (χ3v) is 4.94. The Morgan fingerprint density at radius 1 is 0.970 bits per heavy atom. The number of phenols is 3. The topological polar surface area (TPSA) is 147 Å². The van der Waals surface area contributed by atoms with Gasteiger partial charge in [0.05, 0.1) is 11.1 Å². The van der Waals surface area contributed by atoms with Crippen molar-refractivity contribution in [2.24, 2.45) is 0 Å². The highest BCUT2D eigenvalue weighted by molar-refractivity contribution is 5.98. The predicted molar refractivity (Wildman–Crippen MR) is 124 cm³/mol. The number of unbranched alkanes of at least 4 members (excludes halogenated alkanes) is 1. The van der Waals surface area contributed by atoms with E-state index in [-0.39, 0.29) is 40.9 Å². The number of benzene rings is 2. The van der Waals surface area contributed by atoms with Crippen LogP contribution < -0.4 is 5.32 Å². The number of hydrogen-bond donors (Lipinski definition) is 5. The van der Waals surface area contributed by atoms with E-state index in [0.29, 0.717) is 38.9 Å². The van der Waals surface area contributed by atoms with Crippen LogP contribution in [0.3, 0.4) is 0 Å². The number of hydrogen-bond acceptors (Lipinski definition) is 6. The van der Waals surface area contributed by atoms with E-state index < -0.39 is 5.75 Å². The van der Waals surface area contributed by atoms with Gasteiger partial charge in [0.1, 0.15) is 5.75 Å². The highest BCUT2D eigenvalue weighted by Gasteiger charge is 2.19. The molecule has 0 radical (unpaired) electrons. The van der Waals surface area contributed by atoms with Crippen molar-refractivity contribution in [2.75, 3.05) is 19.6 Å². The highest BCUT2D eigenvalue weighted by atomic mass is 16.3. The molecule has 0 aromatic heterocycles. The minimum atomic E-state index is -0.418. The number of carboxylic acid groups (broad SMARTS) is 1. The number of nitrogens with zero attached hydrogens (tertiary/aromatic N) is 1. The Balaban J connectivity index is 0.00000172. The zero-order valence-electron chi connectivity index (χ0n) is 19.0. The summed E-state index contributed by atoms with van der Waals surface area (Å²) in [5.41, 5.74) is 1.09. The van der Waals surface area contributed by atoms with E-state index in [1.807, 2.05) is 19.9 Å². The molecule has 0 spiro atoms. The Labute approximate surface area is 193 Å². The monoisotopic (exact) mass is 460 g/mol. The first-order valence-electron chi connectivity index (χ1n) is 10.8. The molecule has 5 N–H and O–H groups in total. The van der Waals surface area contributed by atoms with E-state index >= 15 is 0 Å². The van der Waals surface area contributed by atoms with E-state index in [9.17, 15) is 24.9 Å². The van der Waals surface area contributed by atoms with Crippen LogP contribution in [0.15, 0.2) is 36.4 Å². The molecule has 0 bridgehead atoms. The van der Waals surface area contributed by atoms with E-state index in [2.05, 4.69) is 5.32 Å². The standard InChI is InChI=1S/C23H30N2O5.CH2O2/c1-3-9-16-10-7-11-17(20(16)27)22(29)24-14-5-6-15-25(4-2)23(30)18-12-8-13-19(26)21(18)28;2-1-3/h7-8,10-13,26-28H,3-6,9,14-15H2,1-2H3,(H,24,29);1H,(H,2,3). The molecular formula is C24H32N2O7. The van der Waals surface area contributed by atoms with E-state index in [1.165, 1.54) is 18.2 Å². The number of carbonyl (C=O) groups is 3. The van der Waals surface area contributed by atoms with Crippen molar-refractivity contribution in [2.45, 2.75) is 39.5 Å². The summed E-state index contributed by atoms with van der Waals surface area (Å²) >= 11 is 0. The van der Waals surface area contributed by atoms with Gasteiger partial charge in [0.2, 0.25) is 0 Å². The van der Waals surface area contributed by atoms with Crippen LogP contribution in [0.5, 0.6) is 17.2 Å². The summed E-state index contributed by atoms with van der Waals surface area (Å²) in [6.45, 7) is 4.93. The minimum Gasteiger partial charge on any atom is -0.507 e. The molecule has 33 heavy (non-hydrogen) atoms. The lowest BCUT2D eigenvalue weighted by atomic mass is 10.0. The molecule has 0 aliphatic heterocycles. The third-order valence-electron chi connectivity index (χ3n) is 4.94. The summed E-state index contributed by atoms with van der Waals surface area (Å²) in [4.78, 5) is 34.9. The predicted octanol–water partition coefficient (Wildman–Crippen LogP) is 3.13. The molecular weight excluding hydrogens is 428 g/mol. The molecule has 0 saturated heterocycles. The van der Waals surface area contributed by atoms with Gasteiger partial charge in [0, 0.05) is 19.6 Å². The Morgan fingerprint density at radius 3 is 2.24 bits per heavy atom. The molecule has 9 nitrogen and oxygen atoms in total. The summed E-state index contributed by atoms with van der Waals surface area (Å²) in [6, 6.07) is 9.48. The Hall–Kier alpha value is -3.75. The van der Waals surface area contributed by atoms with E-state index in [1.54, 1.807) is 17.0 Å². The van der Waals surface area contributed by atoms with Gasteiger partial charge in [-0.1, -0.05) is 31.5 Å². The lowest BCUT2D eigenvalue weighted by molar-refractivity contribution is -0.122. The quantitative estimate of drug-likeness (QED) is 0.208. The summed E-state index contributed by atoms with van der Waals surface area (Å²) in [5, 5.41) is 39.4. The number of aromatic hydroxyl groups is 3. The van der Waals surface area contributed by atoms with Gasteiger partial charge in [0.15, 0.2) is 11.5 Å². The smallest absolute Gasteiger partial charge is 0.290 e. The summed E-state index contributed by atoms with van der Waals surface area (Å²) in [6.07, 6.45) is 2.90. The molecule has 0 saturated carbocycles. The van der Waals surface area contributed by atoms with Crippen LogP contribution in [-0.4, -0.2) is 63.2 Å². The second-order valence-electron chi connectivity index (χ2n) is 7.19. The van der Waals surface area contributed by atoms with Gasteiger partial charge in [-0.05, 0) is 49.9 Å². The number of phenolic OH excluding ortho intramolecular Hbond substituents is 3. The second-order valence-corrected chi connectivity index (χ2v) is 7.19. The molecule has 0 unspecified atom stereocenters. The fraction of sp³-hybridized carbons (Fsp3) is 0.375. The van der Waals surface area contributed by atoms with Crippen LogP contribution in [0.4, 0.5) is 0 Å². The fourth-order valence-corrected chi connectivity index (χ4v) is 3.25. The molecule has 180 valence electrons. The number of carbonyl (C=O) groups excluding carboxylic acids is 2. The third kappa shape index (κ3) is 8.03. The first-order valence-corrected chi connectivity index (χ1v) is 10.8. The molecule has 2 amide bonds. The highest BCUT2D eigenvalue weighted by Crippen LogP contribution is 2.29. The Morgan fingerprint density at radius 2 is 1.61 bits per heavy atom. The number of nitrogens with one attached hydrogen (secondary N) is 1.